The van der Waals surface area contributed by atoms with Crippen molar-refractivity contribution in [2.75, 3.05) is 12.0 Å². The molecule has 0 radical (unpaired) electrons. The second kappa shape index (κ2) is 7.69. The summed E-state index contributed by atoms with van der Waals surface area (Å²) in [6.07, 6.45) is 3.39. The molecule has 1 aromatic heterocycles. The van der Waals surface area contributed by atoms with Crippen LogP contribution in [-0.4, -0.2) is 21.1 Å². The first-order valence-corrected chi connectivity index (χ1v) is 7.80. The zero-order chi connectivity index (χ0) is 16.8. The molecule has 1 aromatic carbocycles. The van der Waals surface area contributed by atoms with Gasteiger partial charge in [-0.2, -0.15) is 9.97 Å². The van der Waals surface area contributed by atoms with Crippen LogP contribution in [0.5, 0.6) is 0 Å². The molecule has 0 aliphatic rings. The third kappa shape index (κ3) is 3.65. The average Bonchev–Trinajstić information content (AvgIpc) is 2.54. The van der Waals surface area contributed by atoms with Crippen molar-refractivity contribution in [2.24, 2.45) is 0 Å². The minimum absolute atomic E-state index is 0.262. The predicted molar refractivity (Wildman–Crippen MR) is 92.9 cm³/mol. The lowest BCUT2D eigenvalue weighted by molar-refractivity contribution is 0.773. The Morgan fingerprint density at radius 1 is 1.22 bits per heavy atom. The number of benzene rings is 1. The molecular formula is C17H23N5O. The van der Waals surface area contributed by atoms with Gasteiger partial charge in [-0.15, -0.1) is 6.58 Å². The van der Waals surface area contributed by atoms with Gasteiger partial charge in [-0.05, 0) is 30.9 Å². The van der Waals surface area contributed by atoms with Crippen molar-refractivity contribution < 1.29 is 0 Å². The predicted octanol–water partition coefficient (Wildman–Crippen LogP) is 2.16. The molecule has 6 nitrogen and oxygen atoms in total. The number of para-hydroxylation sites is 1. The highest BCUT2D eigenvalue weighted by molar-refractivity contribution is 5.49. The van der Waals surface area contributed by atoms with Gasteiger partial charge in [0, 0.05) is 6.54 Å². The summed E-state index contributed by atoms with van der Waals surface area (Å²) in [5, 5.41) is 0. The summed E-state index contributed by atoms with van der Waals surface area (Å²) in [7, 11) is 0. The van der Waals surface area contributed by atoms with Gasteiger partial charge in [0.2, 0.25) is 5.95 Å². The molecule has 0 aliphatic heterocycles. The third-order valence-corrected chi connectivity index (χ3v) is 3.62. The minimum atomic E-state index is -0.337. The quantitative estimate of drug-likeness (QED) is 0.466. The highest BCUT2D eigenvalue weighted by Crippen LogP contribution is 2.21. The molecule has 0 spiro atoms. The van der Waals surface area contributed by atoms with E-state index in [0.29, 0.717) is 12.4 Å². The maximum absolute atomic E-state index is 12.6. The molecule has 0 saturated carbocycles. The highest BCUT2D eigenvalue weighted by Gasteiger charge is 2.14. The fraction of sp³-hybridized carbons (Fsp3) is 0.353. The molecule has 0 bridgehead atoms. The Morgan fingerprint density at radius 3 is 2.39 bits per heavy atom. The van der Waals surface area contributed by atoms with E-state index in [2.05, 4.69) is 41.2 Å². The highest BCUT2D eigenvalue weighted by atomic mass is 16.1. The van der Waals surface area contributed by atoms with Crippen LogP contribution in [0.15, 0.2) is 35.6 Å². The van der Waals surface area contributed by atoms with E-state index in [4.69, 9.17) is 0 Å². The fourth-order valence-corrected chi connectivity index (χ4v) is 2.53. The zero-order valence-corrected chi connectivity index (χ0v) is 13.9. The maximum Gasteiger partial charge on any atom is 0.356 e. The number of aromatic nitrogens is 3. The molecule has 2 aromatic rings. The second-order valence-corrected chi connectivity index (χ2v) is 5.14. The summed E-state index contributed by atoms with van der Waals surface area (Å²) in [6.45, 7) is 10.1. The van der Waals surface area contributed by atoms with E-state index in [9.17, 15) is 4.79 Å². The van der Waals surface area contributed by atoms with Crippen LogP contribution < -0.4 is 16.5 Å². The van der Waals surface area contributed by atoms with Crippen LogP contribution in [0.4, 0.5) is 5.95 Å². The van der Waals surface area contributed by atoms with Gasteiger partial charge in [0.25, 0.3) is 0 Å². The lowest BCUT2D eigenvalue weighted by Crippen LogP contribution is -2.31. The summed E-state index contributed by atoms with van der Waals surface area (Å²) in [5.41, 5.74) is 8.48. The molecule has 122 valence electrons. The lowest BCUT2D eigenvalue weighted by Gasteiger charge is -2.17. The van der Waals surface area contributed by atoms with E-state index in [1.807, 2.05) is 25.1 Å². The number of hydrazine groups is 1. The van der Waals surface area contributed by atoms with E-state index in [1.165, 1.54) is 0 Å². The van der Waals surface area contributed by atoms with Gasteiger partial charge >= 0.3 is 5.69 Å². The van der Waals surface area contributed by atoms with Crippen molar-refractivity contribution >= 4 is 5.95 Å². The van der Waals surface area contributed by atoms with Gasteiger partial charge in [-0.25, -0.2) is 14.8 Å². The fourth-order valence-electron chi connectivity index (χ4n) is 2.53. The molecule has 6 heteroatoms. The molecule has 0 atom stereocenters. The Labute approximate surface area is 136 Å². The zero-order valence-electron chi connectivity index (χ0n) is 13.9. The Morgan fingerprint density at radius 2 is 1.87 bits per heavy atom. The number of anilines is 1. The number of hydrogen-bond donors (Lipinski definition) is 2. The van der Waals surface area contributed by atoms with Crippen molar-refractivity contribution in [2.45, 2.75) is 33.6 Å². The molecule has 0 aliphatic carbocycles. The summed E-state index contributed by atoms with van der Waals surface area (Å²) in [5.74, 6) is 0.862. The molecule has 0 saturated heterocycles. The minimum Gasteiger partial charge on any atom is -0.289 e. The molecule has 1 heterocycles. The van der Waals surface area contributed by atoms with Crippen LogP contribution in [0.25, 0.3) is 5.69 Å². The summed E-state index contributed by atoms with van der Waals surface area (Å²) in [6, 6.07) is 6.11. The van der Waals surface area contributed by atoms with Crippen LogP contribution >= 0.6 is 0 Å². The first-order chi connectivity index (χ1) is 11.1. The van der Waals surface area contributed by atoms with Crippen molar-refractivity contribution in [1.29, 1.82) is 0 Å². The number of aryl methyl sites for hydroxylation is 3. The molecule has 2 rings (SSSR count). The molecule has 0 amide bonds. The monoisotopic (exact) mass is 313 g/mol. The average molecular weight is 313 g/mol. The first-order valence-electron chi connectivity index (χ1n) is 7.80. The molecule has 0 fully saturated rings. The Hall–Kier alpha value is -2.47. The van der Waals surface area contributed by atoms with Gasteiger partial charge in [0.15, 0.2) is 0 Å². The summed E-state index contributed by atoms with van der Waals surface area (Å²) >= 11 is 0. The van der Waals surface area contributed by atoms with Gasteiger partial charge in [0.05, 0.1) is 5.69 Å². The Kier molecular flexibility index (Phi) is 5.65. The van der Waals surface area contributed by atoms with E-state index in [-0.39, 0.29) is 11.6 Å². The number of nitrogens with zero attached hydrogens (tertiary/aromatic N) is 3. The van der Waals surface area contributed by atoms with E-state index >= 15 is 0 Å². The van der Waals surface area contributed by atoms with Crippen LogP contribution in [-0.2, 0) is 12.8 Å². The molecule has 23 heavy (non-hydrogen) atoms. The smallest absolute Gasteiger partial charge is 0.289 e. The molecular weight excluding hydrogens is 290 g/mol. The van der Waals surface area contributed by atoms with Crippen LogP contribution in [0.2, 0.25) is 0 Å². The van der Waals surface area contributed by atoms with E-state index in [0.717, 1.165) is 29.7 Å². The molecule has 2 N–H and O–H groups in total. The SMILES string of the molecule is C=CCNNc1nc(C)n(-c2c(CC)cccc2CC)c(=O)n1. The van der Waals surface area contributed by atoms with Gasteiger partial charge in [-0.1, -0.05) is 38.1 Å². The van der Waals surface area contributed by atoms with Gasteiger partial charge in [0.1, 0.15) is 5.82 Å². The Balaban J connectivity index is 2.53. The van der Waals surface area contributed by atoms with Crippen molar-refractivity contribution in [3.05, 3.63) is 58.3 Å². The number of rotatable bonds is 7. The van der Waals surface area contributed by atoms with Crippen LogP contribution in [0, 0.1) is 6.92 Å². The molecule has 0 unspecified atom stereocenters. The largest absolute Gasteiger partial charge is 0.356 e. The Bertz CT molecular complexity index is 729. The summed E-state index contributed by atoms with van der Waals surface area (Å²) < 4.78 is 1.59. The lowest BCUT2D eigenvalue weighted by atomic mass is 10.0. The van der Waals surface area contributed by atoms with Crippen molar-refractivity contribution in [1.82, 2.24) is 20.0 Å². The first kappa shape index (κ1) is 16.9. The van der Waals surface area contributed by atoms with Crippen molar-refractivity contribution in [3.8, 4) is 5.69 Å². The third-order valence-electron chi connectivity index (χ3n) is 3.62. The maximum atomic E-state index is 12.6. The van der Waals surface area contributed by atoms with Crippen LogP contribution in [0.1, 0.15) is 30.8 Å². The van der Waals surface area contributed by atoms with Crippen LogP contribution in [0.3, 0.4) is 0 Å². The second-order valence-electron chi connectivity index (χ2n) is 5.14. The van der Waals surface area contributed by atoms with E-state index in [1.54, 1.807) is 10.6 Å². The topological polar surface area (TPSA) is 71.8 Å². The van der Waals surface area contributed by atoms with Crippen molar-refractivity contribution in [3.63, 3.8) is 0 Å². The number of hydrogen-bond acceptors (Lipinski definition) is 5. The summed E-state index contributed by atoms with van der Waals surface area (Å²) in [4.78, 5) is 21.0. The van der Waals surface area contributed by atoms with Gasteiger partial charge in [-0.3, -0.25) is 5.43 Å². The number of nitrogens with one attached hydrogen (secondary N) is 2. The van der Waals surface area contributed by atoms with E-state index < -0.39 is 0 Å². The standard InChI is InChI=1S/C17H23N5O/c1-5-11-18-21-16-19-12(4)22(17(23)20-16)15-13(6-2)9-8-10-14(15)7-3/h5,8-10,18H,1,6-7,11H2,2-4H3,(H,20,21,23). The normalized spacial score (nSPS) is 10.6. The van der Waals surface area contributed by atoms with Gasteiger partial charge < -0.3 is 0 Å².